The van der Waals surface area contributed by atoms with Crippen molar-refractivity contribution >= 4 is 0 Å². The molecule has 0 aromatic heterocycles. The van der Waals surface area contributed by atoms with Crippen LogP contribution in [0.25, 0.3) is 0 Å². The molecule has 0 amide bonds. The Bertz CT molecular complexity index is 372. The molecule has 1 aliphatic heterocycles. The van der Waals surface area contributed by atoms with Gasteiger partial charge in [0.2, 0.25) is 0 Å². The van der Waals surface area contributed by atoms with Crippen LogP contribution in [-0.4, -0.2) is 17.5 Å². The lowest BCUT2D eigenvalue weighted by Crippen LogP contribution is -2.26. The van der Waals surface area contributed by atoms with Gasteiger partial charge < -0.3 is 0 Å². The number of fused-ring (bicyclic) bond motifs is 1. The molecule has 1 heterocycles. The summed E-state index contributed by atoms with van der Waals surface area (Å²) in [6, 6.07) is 11.8. The van der Waals surface area contributed by atoms with Crippen molar-refractivity contribution in [3.05, 3.63) is 35.9 Å². The number of benzene rings is 1. The third kappa shape index (κ3) is 2.13. The molecule has 1 nitrogen and oxygen atoms in total. The first-order chi connectivity index (χ1) is 8.29. The van der Waals surface area contributed by atoms with Crippen molar-refractivity contribution in [2.45, 2.75) is 39.3 Å². The van der Waals surface area contributed by atoms with Crippen LogP contribution in [0, 0.1) is 17.8 Å². The normalized spacial score (nSPS) is 33.4. The predicted octanol–water partition coefficient (Wildman–Crippen LogP) is 3.55. The van der Waals surface area contributed by atoms with Crippen LogP contribution in [-0.2, 0) is 6.54 Å². The second-order valence-corrected chi connectivity index (χ2v) is 5.93. The minimum absolute atomic E-state index is 0.908. The average molecular weight is 229 g/mol. The Hall–Kier alpha value is -0.820. The van der Waals surface area contributed by atoms with E-state index in [2.05, 4.69) is 49.1 Å². The van der Waals surface area contributed by atoms with Crippen LogP contribution < -0.4 is 0 Å². The Morgan fingerprint density at radius 2 is 2.06 bits per heavy atom. The molecule has 1 heteroatoms. The molecule has 1 saturated heterocycles. The highest BCUT2D eigenvalue weighted by Crippen LogP contribution is 2.51. The van der Waals surface area contributed by atoms with Crippen molar-refractivity contribution in [3.8, 4) is 0 Å². The van der Waals surface area contributed by atoms with Crippen molar-refractivity contribution in [3.63, 3.8) is 0 Å². The Morgan fingerprint density at radius 3 is 2.76 bits per heavy atom. The zero-order chi connectivity index (χ0) is 11.8. The maximum absolute atomic E-state index is 2.72. The Balaban J connectivity index is 1.64. The molecular weight excluding hydrogens is 206 g/mol. The molecule has 0 spiro atoms. The van der Waals surface area contributed by atoms with Gasteiger partial charge in [-0.2, -0.15) is 0 Å². The minimum atomic E-state index is 0.908. The van der Waals surface area contributed by atoms with Gasteiger partial charge >= 0.3 is 0 Å². The number of rotatable bonds is 4. The molecule has 4 atom stereocenters. The molecule has 1 unspecified atom stereocenters. The summed E-state index contributed by atoms with van der Waals surface area (Å²) in [5, 5.41) is 0. The van der Waals surface area contributed by atoms with Gasteiger partial charge in [0.1, 0.15) is 0 Å². The van der Waals surface area contributed by atoms with Gasteiger partial charge in [0.15, 0.2) is 0 Å². The second-order valence-electron chi connectivity index (χ2n) is 5.93. The van der Waals surface area contributed by atoms with Crippen molar-refractivity contribution < 1.29 is 0 Å². The van der Waals surface area contributed by atoms with E-state index in [-0.39, 0.29) is 0 Å². The third-order valence-corrected chi connectivity index (χ3v) is 4.87. The first-order valence-corrected chi connectivity index (χ1v) is 7.07. The van der Waals surface area contributed by atoms with Gasteiger partial charge in [-0.25, -0.2) is 0 Å². The summed E-state index contributed by atoms with van der Waals surface area (Å²) in [7, 11) is 0. The zero-order valence-electron chi connectivity index (χ0n) is 11.0. The van der Waals surface area contributed by atoms with Crippen LogP contribution in [0.4, 0.5) is 0 Å². The van der Waals surface area contributed by atoms with E-state index >= 15 is 0 Å². The van der Waals surface area contributed by atoms with Gasteiger partial charge in [0, 0.05) is 19.1 Å². The van der Waals surface area contributed by atoms with Crippen molar-refractivity contribution in [1.82, 2.24) is 4.90 Å². The van der Waals surface area contributed by atoms with E-state index in [1.165, 1.54) is 24.9 Å². The third-order valence-electron chi connectivity index (χ3n) is 4.87. The second kappa shape index (κ2) is 4.45. The van der Waals surface area contributed by atoms with Crippen LogP contribution in [0.15, 0.2) is 30.3 Å². The lowest BCUT2D eigenvalue weighted by Gasteiger charge is -2.23. The molecular formula is C16H23N. The van der Waals surface area contributed by atoms with E-state index in [9.17, 15) is 0 Å². The molecule has 1 aliphatic carbocycles. The van der Waals surface area contributed by atoms with Crippen LogP contribution in [0.2, 0.25) is 0 Å². The fraction of sp³-hybridized carbons (Fsp3) is 0.625. The highest BCUT2D eigenvalue weighted by molar-refractivity contribution is 5.17. The quantitative estimate of drug-likeness (QED) is 0.763. The fourth-order valence-corrected chi connectivity index (χ4v) is 3.53. The van der Waals surface area contributed by atoms with E-state index in [0.717, 1.165) is 30.3 Å². The number of piperidine rings is 1. The van der Waals surface area contributed by atoms with E-state index in [1.54, 1.807) is 0 Å². The topological polar surface area (TPSA) is 3.24 Å². The molecule has 1 aromatic rings. The van der Waals surface area contributed by atoms with E-state index < -0.39 is 0 Å². The average Bonchev–Trinajstić information content (AvgIpc) is 3.08. The number of hydrogen-bond acceptors (Lipinski definition) is 1. The first-order valence-electron chi connectivity index (χ1n) is 7.07. The summed E-state index contributed by atoms with van der Waals surface area (Å²) in [6.07, 6.45) is 2.80. The van der Waals surface area contributed by atoms with Crippen molar-refractivity contribution in [1.29, 1.82) is 0 Å². The maximum Gasteiger partial charge on any atom is 0.0236 e. The number of likely N-dealkylation sites (tertiary alicyclic amines) is 1. The Morgan fingerprint density at radius 1 is 1.29 bits per heavy atom. The Labute approximate surface area is 105 Å². The van der Waals surface area contributed by atoms with Gasteiger partial charge in [0.25, 0.3) is 0 Å². The smallest absolute Gasteiger partial charge is 0.0236 e. The van der Waals surface area contributed by atoms with Crippen LogP contribution in [0.1, 0.15) is 32.3 Å². The molecule has 0 N–H and O–H groups in total. The lowest BCUT2D eigenvalue weighted by molar-refractivity contribution is 0.236. The van der Waals surface area contributed by atoms with Crippen LogP contribution >= 0.6 is 0 Å². The van der Waals surface area contributed by atoms with Gasteiger partial charge in [0.05, 0.1) is 0 Å². The standard InChI is InChI=1S/C16H23N/c1-3-12(2)15-11-17(16-9-14(15)16)10-13-7-5-4-6-8-13/h4-8,12,14-16H,3,9-11H2,1-2H3/t12?,14-,15-,16-/m1/s1. The zero-order valence-corrected chi connectivity index (χ0v) is 11.0. The molecule has 2 fully saturated rings. The van der Waals surface area contributed by atoms with Crippen molar-refractivity contribution in [2.24, 2.45) is 17.8 Å². The molecule has 92 valence electrons. The van der Waals surface area contributed by atoms with E-state index in [0.29, 0.717) is 0 Å². The molecule has 17 heavy (non-hydrogen) atoms. The van der Waals surface area contributed by atoms with Crippen LogP contribution in [0.5, 0.6) is 0 Å². The number of hydrogen-bond donors (Lipinski definition) is 0. The summed E-state index contributed by atoms with van der Waals surface area (Å²) in [6.45, 7) is 7.27. The first kappa shape index (κ1) is 11.3. The summed E-state index contributed by atoms with van der Waals surface area (Å²) in [5.41, 5.74) is 1.47. The SMILES string of the molecule is CCC(C)[C@H]1CN(Cc2ccccc2)[C@@H]2C[C@H]12. The van der Waals surface area contributed by atoms with Crippen LogP contribution in [0.3, 0.4) is 0 Å². The molecule has 3 rings (SSSR count). The summed E-state index contributed by atoms with van der Waals surface area (Å²) in [5.74, 6) is 2.90. The van der Waals surface area contributed by atoms with Gasteiger partial charge in [-0.05, 0) is 29.7 Å². The molecule has 0 bridgehead atoms. The summed E-state index contributed by atoms with van der Waals surface area (Å²) < 4.78 is 0. The minimum Gasteiger partial charge on any atom is -0.296 e. The van der Waals surface area contributed by atoms with Gasteiger partial charge in [-0.3, -0.25) is 4.90 Å². The predicted molar refractivity (Wildman–Crippen MR) is 71.7 cm³/mol. The largest absolute Gasteiger partial charge is 0.296 e. The Kier molecular flexibility index (Phi) is 2.96. The molecule has 1 aromatic carbocycles. The summed E-state index contributed by atoms with van der Waals surface area (Å²) in [4.78, 5) is 2.72. The van der Waals surface area contributed by atoms with E-state index in [1.807, 2.05) is 0 Å². The highest BCUT2D eigenvalue weighted by Gasteiger charge is 2.53. The van der Waals surface area contributed by atoms with E-state index in [4.69, 9.17) is 0 Å². The monoisotopic (exact) mass is 229 g/mol. The number of nitrogens with zero attached hydrogens (tertiary/aromatic N) is 1. The molecule has 1 saturated carbocycles. The summed E-state index contributed by atoms with van der Waals surface area (Å²) >= 11 is 0. The fourth-order valence-electron chi connectivity index (χ4n) is 3.53. The molecule has 2 aliphatic rings. The van der Waals surface area contributed by atoms with Crippen molar-refractivity contribution in [2.75, 3.05) is 6.54 Å². The maximum atomic E-state index is 2.72. The van der Waals surface area contributed by atoms with Gasteiger partial charge in [-0.1, -0.05) is 50.6 Å². The van der Waals surface area contributed by atoms with Gasteiger partial charge in [-0.15, -0.1) is 0 Å². The molecule has 0 radical (unpaired) electrons. The lowest BCUT2D eigenvalue weighted by atomic mass is 9.89. The highest BCUT2D eigenvalue weighted by atomic mass is 15.2.